The fraction of sp³-hybridized carbons (Fsp3) is 0.364. The van der Waals surface area contributed by atoms with Gasteiger partial charge in [-0.05, 0) is 24.5 Å². The standard InChI is InChI=1S/C11H15N/c1-3-10-6-4-5-7-11(10)8-9(2)12/h4-7,12H,3,8H2,1-2H3. The summed E-state index contributed by atoms with van der Waals surface area (Å²) in [5.41, 5.74) is 3.40. The smallest absolute Gasteiger partial charge is 0.0102 e. The first-order valence-corrected chi connectivity index (χ1v) is 4.35. The summed E-state index contributed by atoms with van der Waals surface area (Å²) in [6.07, 6.45) is 1.85. The Hall–Kier alpha value is -1.11. The molecule has 0 aliphatic heterocycles. The SMILES string of the molecule is CCc1ccccc1CC(C)=N. The zero-order valence-electron chi connectivity index (χ0n) is 7.72. The molecule has 1 aromatic carbocycles. The third-order valence-corrected chi connectivity index (χ3v) is 1.95. The fourth-order valence-electron chi connectivity index (χ4n) is 1.36. The molecule has 0 aromatic heterocycles. The summed E-state index contributed by atoms with van der Waals surface area (Å²) in [5, 5.41) is 7.40. The van der Waals surface area contributed by atoms with E-state index in [-0.39, 0.29) is 0 Å². The summed E-state index contributed by atoms with van der Waals surface area (Å²) in [6.45, 7) is 4.00. The molecule has 0 bridgehead atoms. The van der Waals surface area contributed by atoms with Gasteiger partial charge in [-0.15, -0.1) is 0 Å². The quantitative estimate of drug-likeness (QED) is 0.659. The van der Waals surface area contributed by atoms with E-state index >= 15 is 0 Å². The van der Waals surface area contributed by atoms with Crippen LogP contribution in [0.15, 0.2) is 24.3 Å². The van der Waals surface area contributed by atoms with Gasteiger partial charge < -0.3 is 5.41 Å². The van der Waals surface area contributed by atoms with E-state index in [2.05, 4.69) is 25.1 Å². The Balaban J connectivity index is 2.89. The molecule has 0 saturated heterocycles. The van der Waals surface area contributed by atoms with Gasteiger partial charge in [-0.2, -0.15) is 0 Å². The predicted octanol–water partition coefficient (Wildman–Crippen LogP) is 2.83. The summed E-state index contributed by atoms with van der Waals surface area (Å²) >= 11 is 0. The van der Waals surface area contributed by atoms with Crippen molar-refractivity contribution in [3.8, 4) is 0 Å². The molecule has 1 N–H and O–H groups in total. The van der Waals surface area contributed by atoms with Gasteiger partial charge in [0.1, 0.15) is 0 Å². The highest BCUT2D eigenvalue weighted by Gasteiger charge is 1.99. The zero-order valence-corrected chi connectivity index (χ0v) is 7.72. The second-order valence-corrected chi connectivity index (χ2v) is 3.08. The lowest BCUT2D eigenvalue weighted by Gasteiger charge is -2.05. The lowest BCUT2D eigenvalue weighted by Crippen LogP contribution is -1.99. The summed E-state index contributed by atoms with van der Waals surface area (Å²) in [6, 6.07) is 8.34. The molecule has 0 radical (unpaired) electrons. The largest absolute Gasteiger partial charge is 0.310 e. The third kappa shape index (κ3) is 2.19. The van der Waals surface area contributed by atoms with Gasteiger partial charge in [0.2, 0.25) is 0 Å². The van der Waals surface area contributed by atoms with E-state index in [1.54, 1.807) is 0 Å². The van der Waals surface area contributed by atoms with E-state index in [4.69, 9.17) is 5.41 Å². The molecule has 0 saturated carbocycles. The second-order valence-electron chi connectivity index (χ2n) is 3.08. The number of nitrogens with one attached hydrogen (secondary N) is 1. The summed E-state index contributed by atoms with van der Waals surface area (Å²) in [7, 11) is 0. The van der Waals surface area contributed by atoms with E-state index < -0.39 is 0 Å². The van der Waals surface area contributed by atoms with Crippen LogP contribution in [-0.2, 0) is 12.8 Å². The molecule has 0 atom stereocenters. The van der Waals surface area contributed by atoms with E-state index in [9.17, 15) is 0 Å². The minimum atomic E-state index is 0.732. The zero-order chi connectivity index (χ0) is 8.97. The van der Waals surface area contributed by atoms with Crippen molar-refractivity contribution in [2.24, 2.45) is 0 Å². The molecule has 1 rings (SSSR count). The van der Waals surface area contributed by atoms with Crippen LogP contribution in [0.25, 0.3) is 0 Å². The Kier molecular flexibility index (Phi) is 3.03. The van der Waals surface area contributed by atoms with Gasteiger partial charge in [-0.1, -0.05) is 31.2 Å². The maximum absolute atomic E-state index is 7.40. The Labute approximate surface area is 73.9 Å². The van der Waals surface area contributed by atoms with Crippen molar-refractivity contribution < 1.29 is 0 Å². The summed E-state index contributed by atoms with van der Waals surface area (Å²) < 4.78 is 0. The highest BCUT2D eigenvalue weighted by atomic mass is 14.4. The maximum atomic E-state index is 7.40. The van der Waals surface area contributed by atoms with Gasteiger partial charge in [-0.25, -0.2) is 0 Å². The van der Waals surface area contributed by atoms with Gasteiger partial charge in [0.15, 0.2) is 0 Å². The first kappa shape index (κ1) is 8.98. The Morgan fingerprint density at radius 1 is 1.25 bits per heavy atom. The Bertz CT molecular complexity index is 276. The molecular formula is C11H15N. The summed E-state index contributed by atoms with van der Waals surface area (Å²) in [5.74, 6) is 0. The predicted molar refractivity (Wildman–Crippen MR) is 52.9 cm³/mol. The van der Waals surface area contributed by atoms with Crippen LogP contribution < -0.4 is 0 Å². The van der Waals surface area contributed by atoms with Crippen LogP contribution in [0.2, 0.25) is 0 Å². The minimum Gasteiger partial charge on any atom is -0.310 e. The fourth-order valence-corrected chi connectivity index (χ4v) is 1.36. The van der Waals surface area contributed by atoms with Crippen molar-refractivity contribution >= 4 is 5.71 Å². The van der Waals surface area contributed by atoms with Crippen molar-refractivity contribution in [1.82, 2.24) is 0 Å². The van der Waals surface area contributed by atoms with Crippen LogP contribution in [0.5, 0.6) is 0 Å². The molecule has 0 fully saturated rings. The number of rotatable bonds is 3. The van der Waals surface area contributed by atoms with Crippen LogP contribution in [0, 0.1) is 5.41 Å². The molecule has 1 nitrogen and oxygen atoms in total. The molecule has 0 amide bonds. The molecule has 0 spiro atoms. The van der Waals surface area contributed by atoms with E-state index in [1.165, 1.54) is 11.1 Å². The second kappa shape index (κ2) is 4.05. The van der Waals surface area contributed by atoms with Gasteiger partial charge in [0.25, 0.3) is 0 Å². The van der Waals surface area contributed by atoms with Gasteiger partial charge in [-0.3, -0.25) is 0 Å². The van der Waals surface area contributed by atoms with E-state index in [0.717, 1.165) is 18.6 Å². The van der Waals surface area contributed by atoms with E-state index in [1.807, 2.05) is 13.0 Å². The molecule has 0 aliphatic rings. The van der Waals surface area contributed by atoms with Crippen molar-refractivity contribution in [2.45, 2.75) is 26.7 Å². The topological polar surface area (TPSA) is 23.9 Å². The number of aryl methyl sites for hydroxylation is 1. The van der Waals surface area contributed by atoms with Crippen LogP contribution in [0.4, 0.5) is 0 Å². The van der Waals surface area contributed by atoms with Crippen molar-refractivity contribution in [3.05, 3.63) is 35.4 Å². The Morgan fingerprint density at radius 2 is 1.83 bits per heavy atom. The van der Waals surface area contributed by atoms with Crippen LogP contribution in [0.3, 0.4) is 0 Å². The lowest BCUT2D eigenvalue weighted by molar-refractivity contribution is 1.08. The molecule has 0 unspecified atom stereocenters. The number of benzene rings is 1. The van der Waals surface area contributed by atoms with Crippen LogP contribution in [0.1, 0.15) is 25.0 Å². The molecule has 0 aliphatic carbocycles. The molecule has 12 heavy (non-hydrogen) atoms. The van der Waals surface area contributed by atoms with Gasteiger partial charge >= 0.3 is 0 Å². The molecule has 64 valence electrons. The summed E-state index contributed by atoms with van der Waals surface area (Å²) in [4.78, 5) is 0. The average Bonchev–Trinajstić information content (AvgIpc) is 2.04. The molecule has 0 heterocycles. The highest BCUT2D eigenvalue weighted by molar-refractivity contribution is 5.81. The number of hydrogen-bond donors (Lipinski definition) is 1. The van der Waals surface area contributed by atoms with E-state index in [0.29, 0.717) is 0 Å². The minimum absolute atomic E-state index is 0.732. The van der Waals surface area contributed by atoms with Crippen molar-refractivity contribution in [1.29, 1.82) is 5.41 Å². The normalized spacial score (nSPS) is 9.83. The van der Waals surface area contributed by atoms with Gasteiger partial charge in [0, 0.05) is 12.1 Å². The molecular weight excluding hydrogens is 146 g/mol. The molecule has 1 heteroatoms. The Morgan fingerprint density at radius 3 is 2.33 bits per heavy atom. The van der Waals surface area contributed by atoms with Crippen LogP contribution in [-0.4, -0.2) is 5.71 Å². The number of hydrogen-bond acceptors (Lipinski definition) is 1. The van der Waals surface area contributed by atoms with Gasteiger partial charge in [0.05, 0.1) is 0 Å². The lowest BCUT2D eigenvalue weighted by atomic mass is 10.0. The monoisotopic (exact) mass is 161 g/mol. The first-order valence-electron chi connectivity index (χ1n) is 4.35. The first-order chi connectivity index (χ1) is 5.74. The van der Waals surface area contributed by atoms with Crippen LogP contribution >= 0.6 is 0 Å². The third-order valence-electron chi connectivity index (χ3n) is 1.95. The highest BCUT2D eigenvalue weighted by Crippen LogP contribution is 2.10. The van der Waals surface area contributed by atoms with Crippen molar-refractivity contribution in [2.75, 3.05) is 0 Å². The average molecular weight is 161 g/mol. The maximum Gasteiger partial charge on any atom is 0.0102 e. The molecule has 1 aromatic rings. The van der Waals surface area contributed by atoms with Crippen molar-refractivity contribution in [3.63, 3.8) is 0 Å².